The SMILES string of the molecule is C1=c2ccc3ccc4ccc5ccc(c6c5c4c3c2=6)=C[Si]1. The molecule has 0 atom stereocenters. The molecule has 0 bridgehead atoms. The van der Waals surface area contributed by atoms with Crippen molar-refractivity contribution in [1.82, 2.24) is 0 Å². The zero-order valence-electron chi connectivity index (χ0n) is 11.3. The Hall–Kier alpha value is -2.38. The van der Waals surface area contributed by atoms with Gasteiger partial charge in [-0.2, -0.15) is 0 Å². The summed E-state index contributed by atoms with van der Waals surface area (Å²) in [6.45, 7) is 0. The van der Waals surface area contributed by atoms with Crippen LogP contribution in [-0.2, 0) is 0 Å². The molecule has 4 aromatic carbocycles. The smallest absolute Gasteiger partial charge is 0.0860 e. The minimum Gasteiger partial charge on any atom is -0.0860 e. The summed E-state index contributed by atoms with van der Waals surface area (Å²) in [5.74, 6) is 0. The van der Waals surface area contributed by atoms with Gasteiger partial charge in [0.1, 0.15) is 9.52 Å². The molecule has 0 aromatic heterocycles. The lowest BCUT2D eigenvalue weighted by Gasteiger charge is -2.04. The molecule has 4 aromatic rings. The second-order valence-corrected chi connectivity index (χ2v) is 6.85. The minimum absolute atomic E-state index is 0.767. The Morgan fingerprint density at radius 2 is 0.905 bits per heavy atom. The molecule has 1 heterocycles. The lowest BCUT2D eigenvalue weighted by atomic mass is 9.99. The van der Waals surface area contributed by atoms with E-state index in [0.717, 1.165) is 9.52 Å². The topological polar surface area (TPSA) is 0 Å². The molecule has 0 fully saturated rings. The summed E-state index contributed by atoms with van der Waals surface area (Å²) in [6, 6.07) is 18.2. The Morgan fingerprint density at radius 1 is 0.476 bits per heavy atom. The normalized spacial score (nSPS) is 14.3. The van der Waals surface area contributed by atoms with Crippen molar-refractivity contribution in [2.24, 2.45) is 0 Å². The summed E-state index contributed by atoms with van der Waals surface area (Å²) in [5.41, 5.74) is 4.79. The monoisotopic (exact) mass is 278 g/mol. The molecule has 1 aliphatic heterocycles. The average molecular weight is 278 g/mol. The van der Waals surface area contributed by atoms with Gasteiger partial charge in [0.2, 0.25) is 0 Å². The zero-order chi connectivity index (χ0) is 13.6. The fourth-order valence-corrected chi connectivity index (χ4v) is 5.01. The van der Waals surface area contributed by atoms with E-state index in [1.54, 1.807) is 0 Å². The van der Waals surface area contributed by atoms with Crippen LogP contribution in [0.2, 0.25) is 0 Å². The molecule has 1 heteroatoms. The van der Waals surface area contributed by atoms with Crippen LogP contribution in [-0.4, -0.2) is 9.52 Å². The summed E-state index contributed by atoms with van der Waals surface area (Å²) < 4.78 is 0. The first kappa shape index (κ1) is 10.4. The van der Waals surface area contributed by atoms with Gasteiger partial charge in [0, 0.05) is 0 Å². The quantitative estimate of drug-likeness (QED) is 0.302. The molecule has 2 aliphatic rings. The van der Waals surface area contributed by atoms with E-state index >= 15 is 0 Å². The van der Waals surface area contributed by atoms with Crippen molar-refractivity contribution in [3.05, 3.63) is 69.4 Å². The van der Waals surface area contributed by atoms with E-state index in [0.29, 0.717) is 0 Å². The highest BCUT2D eigenvalue weighted by molar-refractivity contribution is 6.67. The Labute approximate surface area is 123 Å². The molecular formula is C20H10Si. The molecule has 0 unspecified atom stereocenters. The third kappa shape index (κ3) is 1.06. The summed E-state index contributed by atoms with van der Waals surface area (Å²) in [7, 11) is 0.767. The van der Waals surface area contributed by atoms with Crippen molar-refractivity contribution >= 4 is 53.2 Å². The zero-order valence-corrected chi connectivity index (χ0v) is 12.3. The average Bonchev–Trinajstić information content (AvgIpc) is 2.78. The Bertz CT molecular complexity index is 1240. The molecule has 0 saturated carbocycles. The second-order valence-electron chi connectivity index (χ2n) is 5.94. The maximum absolute atomic E-state index is 2.39. The Morgan fingerprint density at radius 3 is 1.43 bits per heavy atom. The lowest BCUT2D eigenvalue weighted by Crippen LogP contribution is -2.05. The molecule has 0 saturated heterocycles. The highest BCUT2D eigenvalue weighted by Crippen LogP contribution is 2.36. The van der Waals surface area contributed by atoms with Gasteiger partial charge in [0.25, 0.3) is 0 Å². The van der Waals surface area contributed by atoms with Crippen molar-refractivity contribution in [3.63, 3.8) is 0 Å². The van der Waals surface area contributed by atoms with Crippen molar-refractivity contribution in [2.45, 2.75) is 0 Å². The fraction of sp³-hybridized carbons (Fsp3) is 0. The second kappa shape index (κ2) is 3.26. The van der Waals surface area contributed by atoms with Crippen LogP contribution in [0.3, 0.4) is 0 Å². The van der Waals surface area contributed by atoms with Crippen LogP contribution in [0.5, 0.6) is 0 Å². The van der Waals surface area contributed by atoms with Crippen LogP contribution < -0.4 is 10.4 Å². The molecule has 1 aliphatic carbocycles. The minimum atomic E-state index is 0.767. The van der Waals surface area contributed by atoms with Crippen molar-refractivity contribution in [2.75, 3.05) is 0 Å². The first-order valence-corrected chi connectivity index (χ1v) is 8.45. The van der Waals surface area contributed by atoms with Gasteiger partial charge in [0.15, 0.2) is 0 Å². The number of rotatable bonds is 0. The maximum Gasteiger partial charge on any atom is 0.102 e. The third-order valence-corrected chi connectivity index (χ3v) is 5.90. The van der Waals surface area contributed by atoms with E-state index in [1.165, 1.54) is 53.2 Å². The highest BCUT2D eigenvalue weighted by atomic mass is 28.2. The van der Waals surface area contributed by atoms with E-state index in [2.05, 4.69) is 59.9 Å². The van der Waals surface area contributed by atoms with Crippen LogP contribution >= 0.6 is 0 Å². The predicted octanol–water partition coefficient (Wildman–Crippen LogP) is 2.94. The number of benzene rings is 4. The van der Waals surface area contributed by atoms with Gasteiger partial charge < -0.3 is 0 Å². The maximum atomic E-state index is 2.39. The van der Waals surface area contributed by atoms with Crippen molar-refractivity contribution < 1.29 is 0 Å². The summed E-state index contributed by atoms with van der Waals surface area (Å²) >= 11 is 0. The molecular weight excluding hydrogens is 268 g/mol. The number of hydrogen-bond donors (Lipinski definition) is 0. The fourth-order valence-electron chi connectivity index (χ4n) is 4.08. The van der Waals surface area contributed by atoms with E-state index in [4.69, 9.17) is 0 Å². The lowest BCUT2D eigenvalue weighted by molar-refractivity contribution is 1.52. The van der Waals surface area contributed by atoms with E-state index < -0.39 is 0 Å². The van der Waals surface area contributed by atoms with Gasteiger partial charge in [-0.1, -0.05) is 59.9 Å². The van der Waals surface area contributed by atoms with Crippen LogP contribution in [0.1, 0.15) is 0 Å². The summed E-state index contributed by atoms with van der Waals surface area (Å²) in [6.07, 6.45) is 0. The summed E-state index contributed by atoms with van der Waals surface area (Å²) in [4.78, 5) is 0. The first-order chi connectivity index (χ1) is 10.4. The van der Waals surface area contributed by atoms with Gasteiger partial charge in [0.05, 0.1) is 0 Å². The predicted molar refractivity (Wildman–Crippen MR) is 90.6 cm³/mol. The molecule has 0 N–H and O–H groups in total. The standard InChI is InChI=1S/C20H10Si/c1-3-12-5-7-14-9-21-10-15-8-6-13-4-2-11(1)16-17(12)19(14)20(15)18(13)16/h1-10H. The van der Waals surface area contributed by atoms with Crippen LogP contribution in [0.15, 0.2) is 48.5 Å². The van der Waals surface area contributed by atoms with Gasteiger partial charge in [-0.3, -0.25) is 0 Å². The van der Waals surface area contributed by atoms with E-state index in [-0.39, 0.29) is 0 Å². The Kier molecular flexibility index (Phi) is 1.61. The first-order valence-electron chi connectivity index (χ1n) is 7.30. The molecule has 0 spiro atoms. The highest BCUT2D eigenvalue weighted by Gasteiger charge is 2.15. The van der Waals surface area contributed by atoms with Crippen LogP contribution in [0.4, 0.5) is 0 Å². The van der Waals surface area contributed by atoms with Crippen LogP contribution in [0.25, 0.3) is 43.7 Å². The Balaban J connectivity index is 2.30. The summed E-state index contributed by atoms with van der Waals surface area (Å²) in [5, 5.41) is 14.3. The van der Waals surface area contributed by atoms with E-state index in [1.807, 2.05) is 0 Å². The molecule has 94 valence electrons. The van der Waals surface area contributed by atoms with Gasteiger partial charge in [-0.15, -0.1) is 0 Å². The molecule has 0 nitrogen and oxygen atoms in total. The molecule has 2 radical (unpaired) electrons. The molecule has 0 amide bonds. The molecule has 6 rings (SSSR count). The van der Waals surface area contributed by atoms with Gasteiger partial charge in [-0.05, 0) is 53.2 Å². The van der Waals surface area contributed by atoms with Crippen molar-refractivity contribution in [3.8, 4) is 0 Å². The third-order valence-electron chi connectivity index (χ3n) is 4.94. The van der Waals surface area contributed by atoms with E-state index in [9.17, 15) is 0 Å². The largest absolute Gasteiger partial charge is 0.102 e. The van der Waals surface area contributed by atoms with Crippen LogP contribution in [0, 0.1) is 10.4 Å². The van der Waals surface area contributed by atoms with Gasteiger partial charge in [-0.25, -0.2) is 0 Å². The van der Waals surface area contributed by atoms with Gasteiger partial charge >= 0.3 is 0 Å². The number of hydrogen-bond acceptors (Lipinski definition) is 0. The molecule has 21 heavy (non-hydrogen) atoms. The van der Waals surface area contributed by atoms with Crippen molar-refractivity contribution in [1.29, 1.82) is 0 Å².